The van der Waals surface area contributed by atoms with Gasteiger partial charge in [-0.15, -0.1) is 0 Å². The van der Waals surface area contributed by atoms with Crippen molar-refractivity contribution >= 4 is 34.7 Å². The van der Waals surface area contributed by atoms with E-state index >= 15 is 0 Å². The summed E-state index contributed by atoms with van der Waals surface area (Å²) >= 11 is 2.28. The quantitative estimate of drug-likeness (QED) is 0.333. The molecule has 3 aromatic carbocycles. The number of benzene rings is 3. The van der Waals surface area contributed by atoms with Gasteiger partial charge < -0.3 is 29.2 Å². The highest BCUT2D eigenvalue weighted by Gasteiger charge is 2.34. The highest BCUT2D eigenvalue weighted by Crippen LogP contribution is 2.44. The van der Waals surface area contributed by atoms with Crippen LogP contribution in [0.25, 0.3) is 12.2 Å². The first-order valence-corrected chi connectivity index (χ1v) is 11.1. The van der Waals surface area contributed by atoms with Gasteiger partial charge in [0.2, 0.25) is 5.75 Å². The maximum atomic E-state index is 10.2. The molecule has 0 bridgehead atoms. The maximum Gasteiger partial charge on any atom is 0.200 e. The zero-order valence-electron chi connectivity index (χ0n) is 17.6. The fraction of sp³-hybridized carbons (Fsp3) is 0.200. The van der Waals surface area contributed by atoms with Crippen LogP contribution in [0, 0.1) is 3.57 Å². The van der Waals surface area contributed by atoms with Crippen molar-refractivity contribution in [2.24, 2.45) is 0 Å². The average molecular weight is 546 g/mol. The third-order valence-corrected chi connectivity index (χ3v) is 5.91. The van der Waals surface area contributed by atoms with Gasteiger partial charge in [-0.1, -0.05) is 30.4 Å². The fourth-order valence-corrected chi connectivity index (χ4v) is 3.87. The van der Waals surface area contributed by atoms with Crippen molar-refractivity contribution in [3.8, 4) is 28.7 Å². The second-order valence-corrected chi connectivity index (χ2v) is 8.49. The van der Waals surface area contributed by atoms with Crippen molar-refractivity contribution in [3.05, 3.63) is 74.9 Å². The standard InChI is InChI=1S/C25H23IO6/c1-29-21-12-17(13-22(30-2)24(21)28)25-23(14-27)31-19-10-7-16(11-20(19)32-25)4-3-15-5-8-18(26)9-6-15/h3-13,23,25,27-28H,14H2,1-2H3/b4-3+/t23-,25-/m0/s1. The van der Waals surface area contributed by atoms with E-state index in [1.54, 1.807) is 12.1 Å². The molecule has 32 heavy (non-hydrogen) atoms. The molecule has 1 aliphatic rings. The summed E-state index contributed by atoms with van der Waals surface area (Å²) in [6, 6.07) is 17.2. The van der Waals surface area contributed by atoms with Crippen LogP contribution < -0.4 is 18.9 Å². The van der Waals surface area contributed by atoms with Gasteiger partial charge in [0.1, 0.15) is 0 Å². The third-order valence-electron chi connectivity index (χ3n) is 5.19. The van der Waals surface area contributed by atoms with Crippen molar-refractivity contribution in [2.45, 2.75) is 12.2 Å². The molecule has 0 fully saturated rings. The van der Waals surface area contributed by atoms with Gasteiger partial charge in [-0.05, 0) is 70.1 Å². The number of ether oxygens (including phenoxy) is 4. The monoisotopic (exact) mass is 546 g/mol. The number of hydrogen-bond acceptors (Lipinski definition) is 6. The van der Waals surface area contributed by atoms with Crippen molar-refractivity contribution in [1.82, 2.24) is 0 Å². The summed E-state index contributed by atoms with van der Waals surface area (Å²) in [5.74, 6) is 1.53. The van der Waals surface area contributed by atoms with E-state index in [0.29, 0.717) is 17.1 Å². The number of hydrogen-bond donors (Lipinski definition) is 2. The molecule has 1 aliphatic heterocycles. The number of aliphatic hydroxyl groups excluding tert-OH is 1. The number of rotatable bonds is 6. The van der Waals surface area contributed by atoms with E-state index in [9.17, 15) is 10.2 Å². The molecule has 1 heterocycles. The predicted octanol–water partition coefficient (Wildman–Crippen LogP) is 5.06. The molecule has 3 aromatic rings. The molecular formula is C25H23IO6. The molecule has 6 nitrogen and oxygen atoms in total. The zero-order chi connectivity index (χ0) is 22.7. The largest absolute Gasteiger partial charge is 0.502 e. The molecule has 2 N–H and O–H groups in total. The van der Waals surface area contributed by atoms with Crippen LogP contribution in [0.15, 0.2) is 54.6 Å². The lowest BCUT2D eigenvalue weighted by Crippen LogP contribution is -2.36. The molecule has 0 radical (unpaired) electrons. The topological polar surface area (TPSA) is 77.4 Å². The number of aliphatic hydroxyl groups is 1. The van der Waals surface area contributed by atoms with Crippen molar-refractivity contribution in [1.29, 1.82) is 0 Å². The minimum Gasteiger partial charge on any atom is -0.502 e. The molecule has 0 spiro atoms. The van der Waals surface area contributed by atoms with Crippen molar-refractivity contribution in [2.75, 3.05) is 20.8 Å². The predicted molar refractivity (Wildman–Crippen MR) is 131 cm³/mol. The van der Waals surface area contributed by atoms with Gasteiger partial charge in [-0.3, -0.25) is 0 Å². The summed E-state index contributed by atoms with van der Waals surface area (Å²) in [6.07, 6.45) is 2.79. The Hall–Kier alpha value is -2.91. The number of aromatic hydroxyl groups is 1. The molecule has 2 atom stereocenters. The zero-order valence-corrected chi connectivity index (χ0v) is 19.8. The molecule has 0 amide bonds. The normalized spacial score (nSPS) is 17.4. The van der Waals surface area contributed by atoms with Crippen LogP contribution in [-0.2, 0) is 0 Å². The highest BCUT2D eigenvalue weighted by molar-refractivity contribution is 14.1. The SMILES string of the molecule is COc1cc([C@@H]2Oc3cc(/C=C/c4ccc(I)cc4)ccc3O[C@H]2CO)cc(OC)c1O. The summed E-state index contributed by atoms with van der Waals surface area (Å²) in [6.45, 7) is -0.246. The Morgan fingerprint density at radius 1 is 0.875 bits per heavy atom. The molecule has 0 saturated heterocycles. The van der Waals surface area contributed by atoms with Gasteiger partial charge in [-0.25, -0.2) is 0 Å². The molecule has 166 valence electrons. The summed E-state index contributed by atoms with van der Waals surface area (Å²) in [5, 5.41) is 20.1. The molecule has 0 unspecified atom stereocenters. The lowest BCUT2D eigenvalue weighted by atomic mass is 10.0. The minimum atomic E-state index is -0.630. The van der Waals surface area contributed by atoms with Crippen molar-refractivity contribution < 1.29 is 29.2 Å². The number of halogens is 1. The van der Waals surface area contributed by atoms with Crippen LogP contribution in [0.2, 0.25) is 0 Å². The van der Waals surface area contributed by atoms with Gasteiger partial charge in [0.15, 0.2) is 35.2 Å². The summed E-state index contributed by atoms with van der Waals surface area (Å²) in [4.78, 5) is 0. The van der Waals surface area contributed by atoms with Crippen LogP contribution in [0.5, 0.6) is 28.7 Å². The molecule has 4 rings (SSSR count). The molecule has 0 aromatic heterocycles. The lowest BCUT2D eigenvalue weighted by molar-refractivity contribution is -0.0124. The molecule has 0 aliphatic carbocycles. The molecule has 7 heteroatoms. The van der Waals surface area contributed by atoms with Crippen LogP contribution >= 0.6 is 22.6 Å². The number of methoxy groups -OCH3 is 2. The summed E-state index contributed by atoms with van der Waals surface area (Å²) in [5.41, 5.74) is 2.70. The van der Waals surface area contributed by atoms with Gasteiger partial charge in [0.25, 0.3) is 0 Å². The van der Waals surface area contributed by atoms with Gasteiger partial charge in [0, 0.05) is 9.13 Å². The average Bonchev–Trinajstić information content (AvgIpc) is 2.82. The van der Waals surface area contributed by atoms with E-state index in [4.69, 9.17) is 18.9 Å². The van der Waals surface area contributed by atoms with Crippen LogP contribution in [0.3, 0.4) is 0 Å². The van der Waals surface area contributed by atoms with Crippen LogP contribution in [0.4, 0.5) is 0 Å². The maximum absolute atomic E-state index is 10.2. The van der Waals surface area contributed by atoms with E-state index in [1.807, 2.05) is 30.4 Å². The minimum absolute atomic E-state index is 0.0977. The Kier molecular flexibility index (Phi) is 6.76. The van der Waals surface area contributed by atoms with E-state index in [0.717, 1.165) is 11.1 Å². The lowest BCUT2D eigenvalue weighted by Gasteiger charge is -2.33. The summed E-state index contributed by atoms with van der Waals surface area (Å²) in [7, 11) is 2.92. The molecular weight excluding hydrogens is 523 g/mol. The number of phenols is 1. The Labute approximate surface area is 200 Å². The Morgan fingerprint density at radius 3 is 2.12 bits per heavy atom. The van der Waals surface area contributed by atoms with E-state index in [1.165, 1.54) is 17.8 Å². The van der Waals surface area contributed by atoms with Crippen molar-refractivity contribution in [3.63, 3.8) is 0 Å². The summed E-state index contributed by atoms with van der Waals surface area (Å²) < 4.78 is 24.0. The van der Waals surface area contributed by atoms with Gasteiger partial charge in [-0.2, -0.15) is 0 Å². The van der Waals surface area contributed by atoms with E-state index in [2.05, 4.69) is 46.9 Å². The van der Waals surface area contributed by atoms with E-state index < -0.39 is 12.2 Å². The van der Waals surface area contributed by atoms with Gasteiger partial charge >= 0.3 is 0 Å². The number of fused-ring (bicyclic) bond motifs is 1. The first-order valence-electron chi connectivity index (χ1n) is 9.99. The smallest absolute Gasteiger partial charge is 0.200 e. The fourth-order valence-electron chi connectivity index (χ4n) is 3.52. The molecule has 0 saturated carbocycles. The van der Waals surface area contributed by atoms with Gasteiger partial charge in [0.05, 0.1) is 20.8 Å². The van der Waals surface area contributed by atoms with E-state index in [-0.39, 0.29) is 23.9 Å². The Morgan fingerprint density at radius 2 is 1.50 bits per heavy atom. The first kappa shape index (κ1) is 22.3. The second kappa shape index (κ2) is 9.70. The van der Waals surface area contributed by atoms with Crippen LogP contribution in [0.1, 0.15) is 22.8 Å². The highest BCUT2D eigenvalue weighted by atomic mass is 127. The third kappa shape index (κ3) is 4.63. The number of phenolic OH excluding ortho intramolecular Hbond substituents is 1. The second-order valence-electron chi connectivity index (χ2n) is 7.24. The Bertz CT molecular complexity index is 1100. The van der Waals surface area contributed by atoms with Crippen LogP contribution in [-0.4, -0.2) is 37.1 Å². The Balaban J connectivity index is 1.64. The first-order chi connectivity index (χ1) is 15.5.